The Labute approximate surface area is 180 Å². The number of phosphoric acid groups is 3. The maximum absolute atomic E-state index is 8.88. The standard InChI is InChI=1S/2K.3H3O4P.2H/c;;3*1-5(2,3)4;;/h;;3*(H3,1,2,3,4);;. The van der Waals surface area contributed by atoms with Crippen LogP contribution in [0.25, 0.3) is 0 Å². The average molecular weight is 374 g/mol. The first-order valence-corrected chi connectivity index (χ1v) is 7.04. The first-order valence-electron chi connectivity index (χ1n) is 2.35. The molecule has 0 heterocycles. The molecule has 0 spiro atoms. The van der Waals surface area contributed by atoms with Gasteiger partial charge >= 0.3 is 126 Å². The van der Waals surface area contributed by atoms with E-state index in [9.17, 15) is 0 Å². The second kappa shape index (κ2) is 14.5. The second-order valence-electron chi connectivity index (χ2n) is 1.54. The van der Waals surface area contributed by atoms with E-state index in [1.807, 2.05) is 0 Å². The van der Waals surface area contributed by atoms with Crippen molar-refractivity contribution in [2.75, 3.05) is 0 Å². The summed E-state index contributed by atoms with van der Waals surface area (Å²) >= 11 is 0. The first kappa shape index (κ1) is 32.5. The molecule has 17 heteroatoms. The molecule has 0 amide bonds. The van der Waals surface area contributed by atoms with E-state index in [0.717, 1.165) is 0 Å². The summed E-state index contributed by atoms with van der Waals surface area (Å²) in [5, 5.41) is 0. The summed E-state index contributed by atoms with van der Waals surface area (Å²) in [5.41, 5.74) is 0. The predicted octanol–water partition coefficient (Wildman–Crippen LogP) is -4.08. The number of rotatable bonds is 0. The van der Waals surface area contributed by atoms with Crippen molar-refractivity contribution in [3.05, 3.63) is 0 Å². The van der Waals surface area contributed by atoms with Gasteiger partial charge in [0, 0.05) is 0 Å². The molecule has 0 aromatic heterocycles. The Kier molecular flexibility index (Phi) is 27.8. The quantitative estimate of drug-likeness (QED) is 0.145. The van der Waals surface area contributed by atoms with Gasteiger partial charge in [-0.25, -0.2) is 13.7 Å². The molecule has 17 heavy (non-hydrogen) atoms. The fraction of sp³-hybridized carbons (Fsp3) is 0. The van der Waals surface area contributed by atoms with Gasteiger partial charge < -0.3 is 44.0 Å². The van der Waals surface area contributed by atoms with Crippen LogP contribution in [0.5, 0.6) is 0 Å². The van der Waals surface area contributed by atoms with Crippen LogP contribution in [-0.2, 0) is 13.7 Å². The fourth-order valence-corrected chi connectivity index (χ4v) is 0. The van der Waals surface area contributed by atoms with Crippen molar-refractivity contribution in [1.29, 1.82) is 0 Å². The van der Waals surface area contributed by atoms with Gasteiger partial charge in [0.05, 0.1) is 0 Å². The molecule has 0 aliphatic carbocycles. The van der Waals surface area contributed by atoms with E-state index in [2.05, 4.69) is 0 Å². The molecule has 0 saturated heterocycles. The molecule has 0 atom stereocenters. The fourth-order valence-electron chi connectivity index (χ4n) is 0. The van der Waals surface area contributed by atoms with Crippen molar-refractivity contribution in [2.45, 2.75) is 0 Å². The summed E-state index contributed by atoms with van der Waals surface area (Å²) in [6.45, 7) is 0. The SMILES string of the molecule is O=P(O)(O)O.O=P(O)(O)O.O=P(O)(O)O.[KH].[KH]. The van der Waals surface area contributed by atoms with E-state index in [1.54, 1.807) is 0 Å². The monoisotopic (exact) mass is 374 g/mol. The molecule has 0 aromatic carbocycles. The van der Waals surface area contributed by atoms with Gasteiger partial charge in [-0.3, -0.25) is 0 Å². The zero-order valence-corrected chi connectivity index (χ0v) is 9.27. The minimum absolute atomic E-state index is 0. The predicted molar refractivity (Wildman–Crippen MR) is 57.1 cm³/mol. The van der Waals surface area contributed by atoms with Gasteiger partial charge in [0.15, 0.2) is 0 Å². The summed E-state index contributed by atoms with van der Waals surface area (Å²) in [6, 6.07) is 0. The molecule has 9 N–H and O–H groups in total. The van der Waals surface area contributed by atoms with Crippen molar-refractivity contribution >= 4 is 126 Å². The Balaban J connectivity index is -0.0000000400. The molecule has 0 aliphatic rings. The van der Waals surface area contributed by atoms with Gasteiger partial charge in [-0.2, -0.15) is 0 Å². The Bertz CT molecular complexity index is 206. The van der Waals surface area contributed by atoms with Crippen molar-refractivity contribution in [3.63, 3.8) is 0 Å². The summed E-state index contributed by atoms with van der Waals surface area (Å²) in [4.78, 5) is 64.7. The minimum atomic E-state index is -4.64. The van der Waals surface area contributed by atoms with Crippen molar-refractivity contribution in [2.24, 2.45) is 0 Å². The van der Waals surface area contributed by atoms with Crippen LogP contribution in [-0.4, -0.2) is 147 Å². The first-order chi connectivity index (χ1) is 6.00. The molecule has 0 radical (unpaired) electrons. The molecule has 0 fully saturated rings. The third kappa shape index (κ3) is 468. The number of hydrogen-bond acceptors (Lipinski definition) is 3. The normalized spacial score (nSPS) is 10.4. The topological polar surface area (TPSA) is 233 Å². The molecule has 100 valence electrons. The Morgan fingerprint density at radius 2 is 0.412 bits per heavy atom. The Hall–Kier alpha value is 3.60. The molecular weight excluding hydrogens is 363 g/mol. The van der Waals surface area contributed by atoms with Crippen LogP contribution in [0.2, 0.25) is 0 Å². The van der Waals surface area contributed by atoms with Crippen LogP contribution in [0.4, 0.5) is 0 Å². The molecule has 0 unspecified atom stereocenters. The second-order valence-corrected chi connectivity index (χ2v) is 4.62. The van der Waals surface area contributed by atoms with E-state index in [4.69, 9.17) is 57.7 Å². The van der Waals surface area contributed by atoms with Crippen LogP contribution in [0.1, 0.15) is 0 Å². The summed E-state index contributed by atoms with van der Waals surface area (Å²) in [5.74, 6) is 0. The van der Waals surface area contributed by atoms with Gasteiger partial charge in [-0.15, -0.1) is 0 Å². The molecular formula is H11K2O12P3. The maximum atomic E-state index is 8.88. The Morgan fingerprint density at radius 3 is 0.412 bits per heavy atom. The van der Waals surface area contributed by atoms with Gasteiger partial charge in [0.1, 0.15) is 0 Å². The third-order valence-electron chi connectivity index (χ3n) is 0. The van der Waals surface area contributed by atoms with Crippen molar-refractivity contribution < 1.29 is 57.7 Å². The van der Waals surface area contributed by atoms with Gasteiger partial charge in [-0.05, 0) is 0 Å². The van der Waals surface area contributed by atoms with Crippen LogP contribution in [0.15, 0.2) is 0 Å². The molecule has 0 aliphatic heterocycles. The average Bonchev–Trinajstić information content (AvgIpc) is 1.41. The molecule has 0 bridgehead atoms. The van der Waals surface area contributed by atoms with E-state index < -0.39 is 23.5 Å². The van der Waals surface area contributed by atoms with Crippen LogP contribution in [0.3, 0.4) is 0 Å². The van der Waals surface area contributed by atoms with Gasteiger partial charge in [-0.1, -0.05) is 0 Å². The molecule has 12 nitrogen and oxygen atoms in total. The molecule has 0 aromatic rings. The van der Waals surface area contributed by atoms with E-state index in [-0.39, 0.29) is 103 Å². The van der Waals surface area contributed by atoms with Gasteiger partial charge in [0.2, 0.25) is 0 Å². The van der Waals surface area contributed by atoms with Gasteiger partial charge in [0.25, 0.3) is 0 Å². The zero-order valence-electron chi connectivity index (χ0n) is 6.59. The van der Waals surface area contributed by atoms with Crippen molar-refractivity contribution in [1.82, 2.24) is 0 Å². The Morgan fingerprint density at radius 1 is 0.412 bits per heavy atom. The summed E-state index contributed by atoms with van der Waals surface area (Å²) in [6.07, 6.45) is 0. The van der Waals surface area contributed by atoms with Crippen LogP contribution in [0, 0.1) is 0 Å². The molecule has 0 saturated carbocycles. The summed E-state index contributed by atoms with van der Waals surface area (Å²) < 4.78 is 26.6. The van der Waals surface area contributed by atoms with Crippen molar-refractivity contribution in [3.8, 4) is 0 Å². The molecule has 0 rings (SSSR count). The number of hydrogen-bond donors (Lipinski definition) is 9. The van der Waals surface area contributed by atoms with E-state index in [0.29, 0.717) is 0 Å². The van der Waals surface area contributed by atoms with E-state index >= 15 is 0 Å². The van der Waals surface area contributed by atoms with E-state index in [1.165, 1.54) is 0 Å². The summed E-state index contributed by atoms with van der Waals surface area (Å²) in [7, 11) is -13.9. The van der Waals surface area contributed by atoms with Crippen LogP contribution < -0.4 is 0 Å². The zero-order chi connectivity index (χ0) is 13.5. The third-order valence-corrected chi connectivity index (χ3v) is 0. The van der Waals surface area contributed by atoms with Crippen LogP contribution >= 0.6 is 23.5 Å².